The number of likely N-dealkylation sites (tertiary alicyclic amines) is 1. The molecule has 1 aliphatic heterocycles. The zero-order valence-corrected chi connectivity index (χ0v) is 13.4. The lowest BCUT2D eigenvalue weighted by Gasteiger charge is -2.37. The van der Waals surface area contributed by atoms with Crippen molar-refractivity contribution in [3.05, 3.63) is 28.4 Å². The van der Waals surface area contributed by atoms with E-state index in [4.69, 9.17) is 0 Å². The van der Waals surface area contributed by atoms with Gasteiger partial charge in [0, 0.05) is 25.1 Å². The molecule has 0 bridgehead atoms. The predicted molar refractivity (Wildman–Crippen MR) is 87.0 cm³/mol. The Morgan fingerprint density at radius 3 is 2.32 bits per heavy atom. The Labute approximate surface area is 132 Å². The third kappa shape index (κ3) is 3.27. The van der Waals surface area contributed by atoms with E-state index >= 15 is 0 Å². The number of rotatable bonds is 5. The monoisotopic (exact) mass is 301 g/mol. The van der Waals surface area contributed by atoms with E-state index in [1.165, 1.54) is 64.6 Å². The zero-order valence-electron chi connectivity index (χ0n) is 13.4. The third-order valence-corrected chi connectivity index (χ3v) is 5.80. The van der Waals surface area contributed by atoms with Gasteiger partial charge in [0.2, 0.25) is 0 Å². The quantitative estimate of drug-likeness (QED) is 0.839. The minimum Gasteiger partial charge on any atom is -0.303 e. The molecule has 3 aliphatic rings. The molecule has 22 heavy (non-hydrogen) atoms. The van der Waals surface area contributed by atoms with E-state index in [2.05, 4.69) is 9.88 Å². The fourth-order valence-corrected chi connectivity index (χ4v) is 3.85. The topological polar surface area (TPSA) is 38.1 Å². The molecule has 0 atom stereocenters. The summed E-state index contributed by atoms with van der Waals surface area (Å²) in [6.07, 6.45) is 11.0. The summed E-state index contributed by atoms with van der Waals surface area (Å²) < 4.78 is 1.83. The van der Waals surface area contributed by atoms with Crippen LogP contribution in [0.4, 0.5) is 0 Å². The lowest BCUT2D eigenvalue weighted by Crippen LogP contribution is -2.40. The first-order valence-corrected chi connectivity index (χ1v) is 9.06. The molecule has 0 N–H and O–H groups in total. The van der Waals surface area contributed by atoms with Crippen LogP contribution in [0.15, 0.2) is 17.2 Å². The molecule has 0 amide bonds. The summed E-state index contributed by atoms with van der Waals surface area (Å²) in [6, 6.07) is 1.77. The second-order valence-electron chi connectivity index (χ2n) is 7.62. The second-order valence-corrected chi connectivity index (χ2v) is 7.62. The molecule has 2 saturated carbocycles. The summed E-state index contributed by atoms with van der Waals surface area (Å²) in [5.41, 5.74) is 1.16. The van der Waals surface area contributed by atoms with Crippen molar-refractivity contribution in [1.82, 2.24) is 14.5 Å². The number of piperidine rings is 1. The minimum atomic E-state index is 0.147. The maximum Gasteiger partial charge on any atom is 0.253 e. The SMILES string of the molecule is O=c1cc(C2CC2)ncn1CC1CCN(CC2CCC2)CC1. The van der Waals surface area contributed by atoms with Crippen LogP contribution in [0.2, 0.25) is 0 Å². The van der Waals surface area contributed by atoms with Gasteiger partial charge >= 0.3 is 0 Å². The van der Waals surface area contributed by atoms with Gasteiger partial charge in [-0.3, -0.25) is 9.36 Å². The highest BCUT2D eigenvalue weighted by atomic mass is 16.1. The van der Waals surface area contributed by atoms with Crippen molar-refractivity contribution in [2.24, 2.45) is 11.8 Å². The molecule has 0 aromatic carbocycles. The average Bonchev–Trinajstić information content (AvgIpc) is 3.31. The molecule has 0 spiro atoms. The molecule has 0 radical (unpaired) electrons. The maximum absolute atomic E-state index is 12.2. The lowest BCUT2D eigenvalue weighted by molar-refractivity contribution is 0.125. The third-order valence-electron chi connectivity index (χ3n) is 5.80. The molecule has 4 heteroatoms. The molecular weight excluding hydrogens is 274 g/mol. The van der Waals surface area contributed by atoms with Gasteiger partial charge in [0.15, 0.2) is 0 Å². The van der Waals surface area contributed by atoms with E-state index in [9.17, 15) is 4.79 Å². The summed E-state index contributed by atoms with van der Waals surface area (Å²) in [4.78, 5) is 19.3. The number of nitrogens with zero attached hydrogens (tertiary/aromatic N) is 3. The first kappa shape index (κ1) is 14.4. The Kier molecular flexibility index (Phi) is 4.03. The first-order valence-electron chi connectivity index (χ1n) is 9.06. The van der Waals surface area contributed by atoms with Crippen molar-refractivity contribution in [3.8, 4) is 0 Å². The average molecular weight is 301 g/mol. The van der Waals surface area contributed by atoms with Crippen molar-refractivity contribution >= 4 is 0 Å². The van der Waals surface area contributed by atoms with Crippen LogP contribution in [-0.4, -0.2) is 34.1 Å². The van der Waals surface area contributed by atoms with Gasteiger partial charge in [-0.1, -0.05) is 6.42 Å². The molecule has 120 valence electrons. The summed E-state index contributed by atoms with van der Waals surface area (Å²) in [5, 5.41) is 0. The molecule has 4 rings (SSSR count). The first-order chi connectivity index (χ1) is 10.8. The Hall–Kier alpha value is -1.16. The summed E-state index contributed by atoms with van der Waals surface area (Å²) in [6.45, 7) is 4.59. The van der Waals surface area contributed by atoms with Gasteiger partial charge in [-0.15, -0.1) is 0 Å². The van der Waals surface area contributed by atoms with Gasteiger partial charge in [-0.2, -0.15) is 0 Å². The minimum absolute atomic E-state index is 0.147. The highest BCUT2D eigenvalue weighted by Crippen LogP contribution is 2.38. The van der Waals surface area contributed by atoms with Crippen LogP contribution in [0, 0.1) is 11.8 Å². The van der Waals surface area contributed by atoms with Crippen molar-refractivity contribution in [3.63, 3.8) is 0 Å². The van der Waals surface area contributed by atoms with Crippen molar-refractivity contribution in [2.75, 3.05) is 19.6 Å². The lowest BCUT2D eigenvalue weighted by atomic mass is 9.84. The highest BCUT2D eigenvalue weighted by Gasteiger charge is 2.27. The van der Waals surface area contributed by atoms with Crippen LogP contribution in [0.5, 0.6) is 0 Å². The number of hydrogen-bond donors (Lipinski definition) is 0. The Morgan fingerprint density at radius 1 is 1.00 bits per heavy atom. The Morgan fingerprint density at radius 2 is 1.73 bits per heavy atom. The summed E-state index contributed by atoms with van der Waals surface area (Å²) in [5.74, 6) is 2.18. The molecule has 3 fully saturated rings. The number of hydrogen-bond acceptors (Lipinski definition) is 3. The second kappa shape index (κ2) is 6.15. The summed E-state index contributed by atoms with van der Waals surface area (Å²) in [7, 11) is 0. The smallest absolute Gasteiger partial charge is 0.253 e. The van der Waals surface area contributed by atoms with E-state index < -0.39 is 0 Å². The van der Waals surface area contributed by atoms with E-state index in [1.807, 2.05) is 4.57 Å². The molecule has 1 aromatic heterocycles. The fraction of sp³-hybridized carbons (Fsp3) is 0.778. The van der Waals surface area contributed by atoms with E-state index in [-0.39, 0.29) is 5.56 Å². The van der Waals surface area contributed by atoms with Gasteiger partial charge in [-0.25, -0.2) is 4.98 Å². The van der Waals surface area contributed by atoms with Crippen molar-refractivity contribution < 1.29 is 0 Å². The van der Waals surface area contributed by atoms with Gasteiger partial charge in [0.05, 0.1) is 12.0 Å². The largest absolute Gasteiger partial charge is 0.303 e. The maximum atomic E-state index is 12.2. The molecule has 1 saturated heterocycles. The van der Waals surface area contributed by atoms with E-state index in [0.717, 1.165) is 18.2 Å². The van der Waals surface area contributed by atoms with Crippen LogP contribution >= 0.6 is 0 Å². The molecule has 2 aliphatic carbocycles. The fourth-order valence-electron chi connectivity index (χ4n) is 3.85. The van der Waals surface area contributed by atoms with Gasteiger partial charge in [0.25, 0.3) is 5.56 Å². The van der Waals surface area contributed by atoms with Gasteiger partial charge < -0.3 is 4.90 Å². The highest BCUT2D eigenvalue weighted by molar-refractivity contribution is 5.12. The predicted octanol–water partition coefficient (Wildman–Crippen LogP) is 2.63. The van der Waals surface area contributed by atoms with E-state index in [0.29, 0.717) is 11.8 Å². The Bertz CT molecular complexity index is 566. The standard InChI is InChI=1S/C18H27N3O/c22-18-10-17(16-4-5-16)19-13-21(18)12-15-6-8-20(9-7-15)11-14-2-1-3-14/h10,13-16H,1-9,11-12H2. The number of aromatic nitrogens is 2. The molecular formula is C18H27N3O. The van der Waals surface area contributed by atoms with Crippen LogP contribution in [-0.2, 0) is 6.54 Å². The summed E-state index contributed by atoms with van der Waals surface area (Å²) >= 11 is 0. The Balaban J connectivity index is 1.29. The zero-order chi connectivity index (χ0) is 14.9. The molecule has 2 heterocycles. The normalized spacial score (nSPS) is 24.4. The van der Waals surface area contributed by atoms with Crippen LogP contribution in [0.25, 0.3) is 0 Å². The van der Waals surface area contributed by atoms with Crippen molar-refractivity contribution in [1.29, 1.82) is 0 Å². The van der Waals surface area contributed by atoms with Crippen LogP contribution < -0.4 is 5.56 Å². The molecule has 4 nitrogen and oxygen atoms in total. The van der Waals surface area contributed by atoms with E-state index in [1.54, 1.807) is 12.4 Å². The van der Waals surface area contributed by atoms with Crippen molar-refractivity contribution in [2.45, 2.75) is 57.4 Å². The van der Waals surface area contributed by atoms with Gasteiger partial charge in [0.1, 0.15) is 0 Å². The molecule has 1 aromatic rings. The van der Waals surface area contributed by atoms with Crippen LogP contribution in [0.3, 0.4) is 0 Å². The molecule has 0 unspecified atom stereocenters. The van der Waals surface area contributed by atoms with Gasteiger partial charge in [-0.05, 0) is 63.5 Å². The van der Waals surface area contributed by atoms with Crippen LogP contribution in [0.1, 0.15) is 56.6 Å².